The van der Waals surface area contributed by atoms with Crippen LogP contribution in [0.4, 0.5) is 5.95 Å². The van der Waals surface area contributed by atoms with Crippen molar-refractivity contribution in [2.24, 2.45) is 0 Å². The zero-order valence-corrected chi connectivity index (χ0v) is 17.8. The molecular weight excluding hydrogens is 433 g/mol. The van der Waals surface area contributed by atoms with E-state index in [-0.39, 0.29) is 10.7 Å². The molecule has 2 heterocycles. The first-order chi connectivity index (χ1) is 12.5. The van der Waals surface area contributed by atoms with Crippen molar-refractivity contribution in [3.8, 4) is 11.4 Å². The van der Waals surface area contributed by atoms with Gasteiger partial charge in [-0.15, -0.1) is 0 Å². The zero-order chi connectivity index (χ0) is 19.8. The molecule has 0 spiro atoms. The molecule has 0 aliphatic carbocycles. The Hall–Kier alpha value is -1.19. The second kappa shape index (κ2) is 7.67. The molecule has 27 heavy (non-hydrogen) atoms. The van der Waals surface area contributed by atoms with Crippen molar-refractivity contribution in [2.75, 3.05) is 44.4 Å². The third-order valence-corrected chi connectivity index (χ3v) is 5.84. The lowest BCUT2D eigenvalue weighted by atomic mass is 10.2. The Morgan fingerprint density at radius 3 is 2.07 bits per heavy atom. The fourth-order valence-corrected chi connectivity index (χ4v) is 3.50. The molecule has 1 saturated heterocycles. The van der Waals surface area contributed by atoms with Crippen molar-refractivity contribution >= 4 is 50.6 Å². The second-order valence-corrected chi connectivity index (χ2v) is 10.7. The van der Waals surface area contributed by atoms with E-state index < -0.39 is 13.6 Å². The highest BCUT2D eigenvalue weighted by atomic mass is 35.6. The van der Waals surface area contributed by atoms with Crippen LogP contribution in [0, 0.1) is 0 Å². The van der Waals surface area contributed by atoms with E-state index >= 15 is 0 Å². The van der Waals surface area contributed by atoms with Crippen LogP contribution < -0.4 is 4.90 Å². The summed E-state index contributed by atoms with van der Waals surface area (Å²) in [4.78, 5) is 17.5. The van der Waals surface area contributed by atoms with Gasteiger partial charge in [0.1, 0.15) is 0 Å². The van der Waals surface area contributed by atoms with Crippen LogP contribution in [0.15, 0.2) is 29.2 Å². The molecule has 146 valence electrons. The van der Waals surface area contributed by atoms with E-state index in [9.17, 15) is 8.42 Å². The topological polar surface area (TPSA) is 79.3 Å². The average Bonchev–Trinajstić information content (AvgIpc) is 2.60. The summed E-state index contributed by atoms with van der Waals surface area (Å²) in [6, 6.07) is 6.25. The molecule has 11 heteroatoms. The Bertz CT molecular complexity index is 924. The highest BCUT2D eigenvalue weighted by Crippen LogP contribution is 2.37. The van der Waals surface area contributed by atoms with Crippen LogP contribution >= 0.6 is 34.8 Å². The summed E-state index contributed by atoms with van der Waals surface area (Å²) in [5, 5.41) is 0. The minimum atomic E-state index is -3.29. The molecule has 0 bridgehead atoms. The first-order valence-electron chi connectivity index (χ1n) is 8.11. The largest absolute Gasteiger partial charge is 0.338 e. The van der Waals surface area contributed by atoms with Gasteiger partial charge in [-0.3, -0.25) is 0 Å². The van der Waals surface area contributed by atoms with Gasteiger partial charge in [0, 0.05) is 38.0 Å². The Kier molecular flexibility index (Phi) is 5.84. The Labute approximate surface area is 173 Å². The summed E-state index contributed by atoms with van der Waals surface area (Å²) < 4.78 is 21.5. The Balaban J connectivity index is 2.02. The number of nitrogens with zero attached hydrogens (tertiary/aromatic N) is 5. The van der Waals surface area contributed by atoms with Crippen molar-refractivity contribution < 1.29 is 8.42 Å². The minimum Gasteiger partial charge on any atom is -0.338 e. The highest BCUT2D eigenvalue weighted by molar-refractivity contribution is 7.90. The molecule has 0 atom stereocenters. The molecule has 1 aromatic carbocycles. The summed E-state index contributed by atoms with van der Waals surface area (Å²) >= 11 is 18.0. The number of piperazine rings is 1. The van der Waals surface area contributed by atoms with Gasteiger partial charge in [0.15, 0.2) is 21.5 Å². The van der Waals surface area contributed by atoms with Crippen LogP contribution in [-0.2, 0) is 13.6 Å². The molecule has 0 unspecified atom stereocenters. The van der Waals surface area contributed by atoms with Crippen molar-refractivity contribution in [1.82, 2.24) is 19.9 Å². The van der Waals surface area contributed by atoms with Crippen molar-refractivity contribution in [3.63, 3.8) is 0 Å². The number of halogens is 3. The van der Waals surface area contributed by atoms with Crippen LogP contribution in [0.5, 0.6) is 0 Å². The van der Waals surface area contributed by atoms with E-state index in [2.05, 4.69) is 19.9 Å². The number of aromatic nitrogens is 3. The fourth-order valence-electron chi connectivity index (χ4n) is 2.62. The smallest absolute Gasteiger partial charge is 0.250 e. The maximum absolute atomic E-state index is 11.6. The number of hydrogen-bond acceptors (Lipinski definition) is 7. The minimum absolute atomic E-state index is 0.0265. The summed E-state index contributed by atoms with van der Waals surface area (Å²) in [6.07, 6.45) is 1.15. The summed E-state index contributed by atoms with van der Waals surface area (Å²) in [5.41, 5.74) is 0.607. The van der Waals surface area contributed by atoms with Crippen LogP contribution in [0.25, 0.3) is 11.4 Å². The van der Waals surface area contributed by atoms with Crippen LogP contribution in [-0.4, -0.2) is 67.8 Å². The van der Waals surface area contributed by atoms with Gasteiger partial charge in [-0.1, -0.05) is 34.8 Å². The van der Waals surface area contributed by atoms with Gasteiger partial charge in [0.05, 0.1) is 4.90 Å². The van der Waals surface area contributed by atoms with Gasteiger partial charge in [0.25, 0.3) is 0 Å². The number of benzene rings is 1. The number of anilines is 1. The normalized spacial score (nSPS) is 16.6. The van der Waals surface area contributed by atoms with E-state index in [1.165, 1.54) is 12.1 Å². The van der Waals surface area contributed by atoms with Gasteiger partial charge >= 0.3 is 0 Å². The standard InChI is InChI=1S/C16H18Cl3N5O2S/c1-23-7-9-24(10-8-23)15-21-13(20-14(22-15)16(17,18)19)11-3-5-12(6-4-11)27(2,25)26/h3-6H,7-10H2,1-2H3. The lowest BCUT2D eigenvalue weighted by Crippen LogP contribution is -2.45. The summed E-state index contributed by atoms with van der Waals surface area (Å²) in [7, 11) is -1.25. The van der Waals surface area contributed by atoms with E-state index in [0.29, 0.717) is 17.3 Å². The van der Waals surface area contributed by atoms with E-state index in [4.69, 9.17) is 34.8 Å². The first kappa shape index (κ1) is 20.5. The van der Waals surface area contributed by atoms with Crippen LogP contribution in [0.3, 0.4) is 0 Å². The molecule has 0 radical (unpaired) electrons. The van der Waals surface area contributed by atoms with E-state index in [0.717, 1.165) is 32.4 Å². The third kappa shape index (κ3) is 5.00. The SMILES string of the molecule is CN1CCN(c2nc(-c3ccc(S(C)(=O)=O)cc3)nc(C(Cl)(Cl)Cl)n2)CC1. The lowest BCUT2D eigenvalue weighted by Gasteiger charge is -2.32. The Morgan fingerprint density at radius 1 is 0.963 bits per heavy atom. The fraction of sp³-hybridized carbons (Fsp3) is 0.438. The first-order valence-corrected chi connectivity index (χ1v) is 11.1. The summed E-state index contributed by atoms with van der Waals surface area (Å²) in [6.45, 7) is 3.22. The molecular formula is C16H18Cl3N5O2S. The molecule has 3 rings (SSSR count). The van der Waals surface area contributed by atoms with Gasteiger partial charge < -0.3 is 9.80 Å². The number of likely N-dealkylation sites (N-methyl/N-ethyl adjacent to an activating group) is 1. The van der Waals surface area contributed by atoms with Crippen molar-refractivity contribution in [2.45, 2.75) is 8.69 Å². The van der Waals surface area contributed by atoms with E-state index in [1.54, 1.807) is 12.1 Å². The second-order valence-electron chi connectivity index (χ2n) is 6.37. The molecule has 0 saturated carbocycles. The predicted molar refractivity (Wildman–Crippen MR) is 107 cm³/mol. The molecule has 1 aromatic heterocycles. The zero-order valence-electron chi connectivity index (χ0n) is 14.7. The third-order valence-electron chi connectivity index (χ3n) is 4.20. The monoisotopic (exact) mass is 449 g/mol. The number of sulfone groups is 1. The molecule has 7 nitrogen and oxygen atoms in total. The quantitative estimate of drug-likeness (QED) is 0.665. The van der Waals surface area contributed by atoms with Crippen LogP contribution in [0.1, 0.15) is 5.82 Å². The molecule has 1 fully saturated rings. The van der Waals surface area contributed by atoms with Crippen molar-refractivity contribution in [3.05, 3.63) is 30.1 Å². The molecule has 2 aromatic rings. The molecule has 0 amide bonds. The molecule has 1 aliphatic rings. The van der Waals surface area contributed by atoms with Crippen molar-refractivity contribution in [1.29, 1.82) is 0 Å². The number of hydrogen-bond donors (Lipinski definition) is 0. The van der Waals surface area contributed by atoms with E-state index in [1.807, 2.05) is 11.9 Å². The Morgan fingerprint density at radius 2 is 1.56 bits per heavy atom. The molecule has 1 aliphatic heterocycles. The maximum Gasteiger partial charge on any atom is 0.250 e. The van der Waals surface area contributed by atoms with Gasteiger partial charge in [-0.2, -0.15) is 9.97 Å². The van der Waals surface area contributed by atoms with Crippen LogP contribution in [0.2, 0.25) is 0 Å². The lowest BCUT2D eigenvalue weighted by molar-refractivity contribution is 0.311. The maximum atomic E-state index is 11.6. The summed E-state index contributed by atoms with van der Waals surface area (Å²) in [5.74, 6) is 0.778. The average molecular weight is 451 g/mol. The molecule has 0 N–H and O–H groups in total. The number of rotatable bonds is 3. The highest BCUT2D eigenvalue weighted by Gasteiger charge is 2.30. The predicted octanol–water partition coefficient (Wildman–Crippen LogP) is 2.52. The van der Waals surface area contributed by atoms with Gasteiger partial charge in [-0.05, 0) is 31.3 Å². The number of alkyl halides is 3. The van der Waals surface area contributed by atoms with Gasteiger partial charge in [0.2, 0.25) is 9.74 Å². The van der Waals surface area contributed by atoms with Gasteiger partial charge in [-0.25, -0.2) is 13.4 Å².